The van der Waals surface area contributed by atoms with Crippen LogP contribution in [0.3, 0.4) is 0 Å². The highest BCUT2D eigenvalue weighted by Crippen LogP contribution is 2.41. The average molecular weight is 544 g/mol. The van der Waals surface area contributed by atoms with Gasteiger partial charge >= 0.3 is 5.97 Å². The van der Waals surface area contributed by atoms with Gasteiger partial charge < -0.3 is 14.6 Å². The molecule has 5 rings (SSSR count). The molecule has 0 radical (unpaired) electrons. The first-order chi connectivity index (χ1) is 19.1. The zero-order valence-electron chi connectivity index (χ0n) is 21.9. The predicted octanol–water partition coefficient (Wildman–Crippen LogP) is 6.69. The van der Waals surface area contributed by atoms with Crippen molar-refractivity contribution in [2.75, 3.05) is 32.8 Å². The highest BCUT2D eigenvalue weighted by molar-refractivity contribution is 7.22. The van der Waals surface area contributed by atoms with Crippen LogP contribution in [0.1, 0.15) is 47.2 Å². The van der Waals surface area contributed by atoms with Crippen LogP contribution in [0.4, 0.5) is 0 Å². The molecule has 0 saturated carbocycles. The summed E-state index contributed by atoms with van der Waals surface area (Å²) in [5.41, 5.74) is 3.85. The van der Waals surface area contributed by atoms with Crippen LogP contribution in [-0.2, 0) is 11.2 Å². The Morgan fingerprint density at radius 2 is 1.77 bits per heavy atom. The number of benzene rings is 3. The van der Waals surface area contributed by atoms with Crippen LogP contribution < -0.4 is 9.47 Å². The minimum Gasteiger partial charge on any atom is -0.493 e. The van der Waals surface area contributed by atoms with Crippen LogP contribution in [0.2, 0.25) is 0 Å². The third-order valence-corrected chi connectivity index (χ3v) is 8.33. The van der Waals surface area contributed by atoms with Crippen molar-refractivity contribution in [3.63, 3.8) is 0 Å². The van der Waals surface area contributed by atoms with Crippen molar-refractivity contribution in [3.05, 3.63) is 83.4 Å². The number of aldehydes is 1. The highest BCUT2D eigenvalue weighted by Gasteiger charge is 2.17. The van der Waals surface area contributed by atoms with E-state index in [0.717, 1.165) is 35.4 Å². The molecule has 7 heteroatoms. The molecule has 39 heavy (non-hydrogen) atoms. The van der Waals surface area contributed by atoms with Gasteiger partial charge in [0.1, 0.15) is 18.1 Å². The number of hydrogen-bond acceptors (Lipinski definition) is 6. The van der Waals surface area contributed by atoms with Gasteiger partial charge in [0.2, 0.25) is 0 Å². The summed E-state index contributed by atoms with van der Waals surface area (Å²) in [6.07, 6.45) is 4.56. The monoisotopic (exact) mass is 543 g/mol. The number of carbonyl (C=O) groups excluding carboxylic acids is 1. The van der Waals surface area contributed by atoms with Gasteiger partial charge in [-0.2, -0.15) is 0 Å². The maximum absolute atomic E-state index is 11.9. The molecule has 4 aromatic rings. The topological polar surface area (TPSA) is 76.1 Å². The molecule has 202 valence electrons. The van der Waals surface area contributed by atoms with Gasteiger partial charge in [0.15, 0.2) is 6.29 Å². The first kappa shape index (κ1) is 26.9. The van der Waals surface area contributed by atoms with Gasteiger partial charge in [-0.15, -0.1) is 11.3 Å². The molecule has 1 saturated heterocycles. The smallest absolute Gasteiger partial charge is 0.303 e. The Morgan fingerprint density at radius 1 is 0.974 bits per heavy atom. The average Bonchev–Trinajstić information content (AvgIpc) is 3.60. The van der Waals surface area contributed by atoms with E-state index in [1.807, 2.05) is 24.3 Å². The Kier molecular flexibility index (Phi) is 8.91. The zero-order valence-corrected chi connectivity index (χ0v) is 22.8. The summed E-state index contributed by atoms with van der Waals surface area (Å²) in [5, 5.41) is 10.0. The Balaban J connectivity index is 1.33. The van der Waals surface area contributed by atoms with E-state index in [9.17, 15) is 9.59 Å². The molecule has 6 nitrogen and oxygen atoms in total. The maximum Gasteiger partial charge on any atom is 0.303 e. The molecule has 1 aromatic heterocycles. The fourth-order valence-electron chi connectivity index (χ4n) is 5.03. The lowest BCUT2D eigenvalue weighted by atomic mass is 9.98. The summed E-state index contributed by atoms with van der Waals surface area (Å²) in [4.78, 5) is 26.2. The molecule has 1 N–H and O–H groups in total. The zero-order chi connectivity index (χ0) is 27.0. The molecule has 3 aromatic carbocycles. The molecule has 0 atom stereocenters. The fourth-order valence-corrected chi connectivity index (χ4v) is 6.25. The number of rotatable bonds is 13. The molecule has 1 aliphatic rings. The summed E-state index contributed by atoms with van der Waals surface area (Å²) >= 11 is 1.72. The number of carboxylic acids is 1. The number of carboxylic acid groups (broad SMARTS) is 1. The summed E-state index contributed by atoms with van der Waals surface area (Å²) in [5.74, 6) is 0.506. The molecule has 0 aliphatic carbocycles. The Hall–Kier alpha value is -3.68. The van der Waals surface area contributed by atoms with E-state index < -0.39 is 5.97 Å². The Bertz CT molecular complexity index is 1420. The van der Waals surface area contributed by atoms with Gasteiger partial charge in [0, 0.05) is 22.5 Å². The Morgan fingerprint density at radius 3 is 2.54 bits per heavy atom. The van der Waals surface area contributed by atoms with Crippen LogP contribution in [0.25, 0.3) is 20.5 Å². The SMILES string of the molecule is O=Cc1cc(-c2sc3ccccc3c2Cc2ccc(OCCN3CCCC3)cc2)ccc1OCCCC(=O)O. The van der Waals surface area contributed by atoms with Gasteiger partial charge in [-0.3, -0.25) is 14.5 Å². The van der Waals surface area contributed by atoms with Gasteiger partial charge in [-0.1, -0.05) is 30.3 Å². The first-order valence-corrected chi connectivity index (χ1v) is 14.3. The maximum atomic E-state index is 11.9. The van der Waals surface area contributed by atoms with Crippen LogP contribution in [0.5, 0.6) is 11.5 Å². The third-order valence-electron chi connectivity index (χ3n) is 7.07. The number of hydrogen-bond donors (Lipinski definition) is 1. The molecule has 0 bridgehead atoms. The number of fused-ring (bicyclic) bond motifs is 1. The van der Waals surface area contributed by atoms with Crippen LogP contribution >= 0.6 is 11.3 Å². The van der Waals surface area contributed by atoms with Crippen LogP contribution in [0.15, 0.2) is 66.7 Å². The van der Waals surface area contributed by atoms with Crippen molar-refractivity contribution < 1.29 is 24.2 Å². The van der Waals surface area contributed by atoms with Crippen molar-refractivity contribution in [3.8, 4) is 21.9 Å². The lowest BCUT2D eigenvalue weighted by molar-refractivity contribution is -0.137. The lowest BCUT2D eigenvalue weighted by Crippen LogP contribution is -2.25. The van der Waals surface area contributed by atoms with Crippen molar-refractivity contribution >= 4 is 33.7 Å². The predicted molar refractivity (Wildman–Crippen MR) is 155 cm³/mol. The number of ether oxygens (including phenoxy) is 2. The van der Waals surface area contributed by atoms with Crippen molar-refractivity contribution in [2.24, 2.45) is 0 Å². The number of thiophene rings is 1. The second kappa shape index (κ2) is 12.9. The Labute approximate surface area is 232 Å². The second-order valence-electron chi connectivity index (χ2n) is 9.84. The van der Waals surface area contributed by atoms with E-state index in [2.05, 4.69) is 47.4 Å². The van der Waals surface area contributed by atoms with E-state index in [0.29, 0.717) is 24.3 Å². The van der Waals surface area contributed by atoms with E-state index in [4.69, 9.17) is 14.6 Å². The molecule has 0 amide bonds. The van der Waals surface area contributed by atoms with Gasteiger partial charge in [0.25, 0.3) is 0 Å². The lowest BCUT2D eigenvalue weighted by Gasteiger charge is -2.15. The third kappa shape index (κ3) is 6.85. The highest BCUT2D eigenvalue weighted by atomic mass is 32.1. The molecule has 2 heterocycles. The number of nitrogens with zero attached hydrogens (tertiary/aromatic N) is 1. The number of aliphatic carboxylic acids is 1. The normalized spacial score (nSPS) is 13.5. The van der Waals surface area contributed by atoms with Crippen LogP contribution in [0, 0.1) is 0 Å². The van der Waals surface area contributed by atoms with Crippen molar-refractivity contribution in [1.82, 2.24) is 4.90 Å². The van der Waals surface area contributed by atoms with E-state index >= 15 is 0 Å². The van der Waals surface area contributed by atoms with Gasteiger partial charge in [-0.25, -0.2) is 0 Å². The second-order valence-corrected chi connectivity index (χ2v) is 10.9. The summed E-state index contributed by atoms with van der Waals surface area (Å²) in [7, 11) is 0. The molecule has 1 aliphatic heterocycles. The number of likely N-dealkylation sites (tertiary alicyclic amines) is 1. The van der Waals surface area contributed by atoms with Crippen molar-refractivity contribution in [1.29, 1.82) is 0 Å². The quantitative estimate of drug-likeness (QED) is 0.150. The summed E-state index contributed by atoms with van der Waals surface area (Å²) in [6, 6.07) is 22.4. The number of carbonyl (C=O) groups is 2. The molecular weight excluding hydrogens is 510 g/mol. The van der Waals surface area contributed by atoms with Crippen LogP contribution in [-0.4, -0.2) is 55.1 Å². The van der Waals surface area contributed by atoms with Gasteiger partial charge in [0.05, 0.1) is 12.2 Å². The summed E-state index contributed by atoms with van der Waals surface area (Å²) < 4.78 is 12.9. The molecular formula is C32H33NO5S. The standard InChI is InChI=1S/C32H33NO5S/c34-22-25-21-24(11-14-29(25)38-18-5-8-31(35)36)32-28(27-6-1-2-7-30(27)39-32)20-23-9-12-26(13-10-23)37-19-17-33-15-3-4-16-33/h1-2,6-7,9-14,21-22H,3-5,8,15-20H2,(H,35,36). The van der Waals surface area contributed by atoms with E-state index in [1.54, 1.807) is 11.3 Å². The first-order valence-electron chi connectivity index (χ1n) is 13.5. The molecule has 0 spiro atoms. The molecule has 0 unspecified atom stereocenters. The fraction of sp³-hybridized carbons (Fsp3) is 0.312. The minimum absolute atomic E-state index is 0.0331. The summed E-state index contributed by atoms with van der Waals surface area (Å²) in [6.45, 7) is 4.28. The van der Waals surface area contributed by atoms with Crippen molar-refractivity contribution in [2.45, 2.75) is 32.1 Å². The molecule has 1 fully saturated rings. The largest absolute Gasteiger partial charge is 0.493 e. The van der Waals surface area contributed by atoms with Gasteiger partial charge in [-0.05, 0) is 97.2 Å². The van der Waals surface area contributed by atoms with E-state index in [-0.39, 0.29) is 13.0 Å². The van der Waals surface area contributed by atoms with E-state index in [1.165, 1.54) is 47.1 Å². The minimum atomic E-state index is -0.860.